The summed E-state index contributed by atoms with van der Waals surface area (Å²) in [4.78, 5) is 10.7. The monoisotopic (exact) mass is 170 g/mol. The molecule has 0 radical (unpaired) electrons. The topological polar surface area (TPSA) is 69.2 Å². The number of hydrogen-bond donors (Lipinski definition) is 1. The Morgan fingerprint density at radius 3 is 1.83 bits per heavy atom. The van der Waals surface area contributed by atoms with Crippen molar-refractivity contribution in [2.45, 2.75) is 49.6 Å². The quantitative estimate of drug-likeness (QED) is 0.472. The molecule has 2 N–H and O–H groups in total. The van der Waals surface area contributed by atoms with Crippen LogP contribution < -0.4 is 5.73 Å². The Hall–Kier alpha value is -0.640. The molecule has 0 aliphatic heterocycles. The van der Waals surface area contributed by atoms with E-state index in [-0.39, 0.29) is 10.5 Å². The summed E-state index contributed by atoms with van der Waals surface area (Å²) in [5.74, 6) is 0. The van der Waals surface area contributed by atoms with Crippen LogP contribution >= 0.6 is 0 Å². The molecule has 0 saturated heterocycles. The Bertz CT molecular complexity index is 203. The van der Waals surface area contributed by atoms with Crippen LogP contribution in [0.4, 0.5) is 0 Å². The number of nitrogens with two attached hydrogens (primary N) is 1. The second kappa shape index (κ2) is 2.19. The van der Waals surface area contributed by atoms with Gasteiger partial charge in [0.2, 0.25) is 5.54 Å². The van der Waals surface area contributed by atoms with Gasteiger partial charge < -0.3 is 5.73 Å². The molecule has 0 aromatic rings. The van der Waals surface area contributed by atoms with Crippen LogP contribution in [0.25, 0.3) is 0 Å². The summed E-state index contributed by atoms with van der Waals surface area (Å²) in [6, 6.07) is 0. The molecule has 3 aliphatic carbocycles. The average Bonchev–Trinajstić information content (AvgIpc) is 2.06. The molecule has 0 aromatic heterocycles. The molecule has 0 spiro atoms. The summed E-state index contributed by atoms with van der Waals surface area (Å²) in [6.45, 7) is 0. The Balaban J connectivity index is 2.20. The second-order valence-electron chi connectivity index (χ2n) is 4.34. The molecule has 0 heterocycles. The molecule has 0 aromatic carbocycles. The lowest BCUT2D eigenvalue weighted by Gasteiger charge is -2.46. The first-order valence-corrected chi connectivity index (χ1v) is 4.50. The van der Waals surface area contributed by atoms with Crippen LogP contribution in [0.1, 0.15) is 38.5 Å². The summed E-state index contributed by atoms with van der Waals surface area (Å²) in [5, 5.41) is 10.8. The number of rotatable bonds is 1. The largest absolute Gasteiger partial charge is 0.325 e. The highest BCUT2D eigenvalue weighted by Crippen LogP contribution is 2.46. The summed E-state index contributed by atoms with van der Waals surface area (Å²) in [6.07, 6.45) is 4.60. The van der Waals surface area contributed by atoms with E-state index in [9.17, 15) is 10.1 Å². The summed E-state index contributed by atoms with van der Waals surface area (Å²) in [5.41, 5.74) is 5.38. The number of fused-ring (bicyclic) bond motifs is 3. The second-order valence-corrected chi connectivity index (χ2v) is 4.34. The number of nitrogens with zero attached hydrogens (tertiary/aromatic N) is 1. The van der Waals surface area contributed by atoms with Gasteiger partial charge in [0.25, 0.3) is 0 Å². The van der Waals surface area contributed by atoms with E-state index >= 15 is 0 Å². The molecule has 3 rings (SSSR count). The molecule has 0 atom stereocenters. The van der Waals surface area contributed by atoms with Gasteiger partial charge in [-0.1, -0.05) is 0 Å². The van der Waals surface area contributed by atoms with Crippen LogP contribution in [0.2, 0.25) is 0 Å². The van der Waals surface area contributed by atoms with Crippen LogP contribution in [0.3, 0.4) is 0 Å². The van der Waals surface area contributed by atoms with Crippen molar-refractivity contribution in [1.29, 1.82) is 0 Å². The summed E-state index contributed by atoms with van der Waals surface area (Å²) in [7, 11) is 0. The molecule has 0 unspecified atom stereocenters. The summed E-state index contributed by atoms with van der Waals surface area (Å²) >= 11 is 0. The minimum atomic E-state index is -0.596. The zero-order chi connectivity index (χ0) is 8.82. The zero-order valence-corrected chi connectivity index (χ0v) is 7.08. The smallest absolute Gasteiger partial charge is 0.222 e. The lowest BCUT2D eigenvalue weighted by Crippen LogP contribution is -2.57. The predicted molar refractivity (Wildman–Crippen MR) is 44.3 cm³/mol. The van der Waals surface area contributed by atoms with Gasteiger partial charge >= 0.3 is 0 Å². The van der Waals surface area contributed by atoms with Gasteiger partial charge in [-0.15, -0.1) is 0 Å². The normalized spacial score (nSPS) is 46.1. The van der Waals surface area contributed by atoms with E-state index in [2.05, 4.69) is 0 Å². The van der Waals surface area contributed by atoms with Gasteiger partial charge in [0, 0.05) is 29.7 Å². The van der Waals surface area contributed by atoms with E-state index in [1.54, 1.807) is 0 Å². The van der Waals surface area contributed by atoms with Gasteiger partial charge in [-0.2, -0.15) is 0 Å². The third-order valence-corrected chi connectivity index (χ3v) is 3.65. The Morgan fingerprint density at radius 1 is 1.08 bits per heavy atom. The Labute approximate surface area is 71.3 Å². The standard InChI is InChI=1S/C8H14N2O2/c9-7-1-4-8(5-2-7,6-3-7)10(11)12/h1-6,9H2. The SMILES string of the molecule is NC12CCC([N+](=O)[O-])(CC1)CC2. The molecule has 3 saturated carbocycles. The molecule has 3 fully saturated rings. The first-order chi connectivity index (χ1) is 5.56. The maximum absolute atomic E-state index is 10.8. The van der Waals surface area contributed by atoms with E-state index in [0.29, 0.717) is 19.3 Å². The molecule has 68 valence electrons. The number of nitro groups is 1. The minimum Gasteiger partial charge on any atom is -0.325 e. The van der Waals surface area contributed by atoms with E-state index in [0.717, 1.165) is 19.3 Å². The van der Waals surface area contributed by atoms with Crippen LogP contribution in [-0.4, -0.2) is 16.0 Å². The van der Waals surface area contributed by atoms with Crippen molar-refractivity contribution in [3.63, 3.8) is 0 Å². The fourth-order valence-electron chi connectivity index (χ4n) is 2.47. The Morgan fingerprint density at radius 2 is 1.50 bits per heavy atom. The van der Waals surface area contributed by atoms with Gasteiger partial charge in [-0.25, -0.2) is 0 Å². The molecule has 4 heteroatoms. The fraction of sp³-hybridized carbons (Fsp3) is 1.00. The lowest BCUT2D eigenvalue weighted by atomic mass is 9.62. The molecule has 4 nitrogen and oxygen atoms in total. The van der Waals surface area contributed by atoms with Crippen molar-refractivity contribution in [2.75, 3.05) is 0 Å². The maximum atomic E-state index is 10.8. The highest BCUT2D eigenvalue weighted by molar-refractivity contribution is 5.03. The lowest BCUT2D eigenvalue weighted by molar-refractivity contribution is -0.581. The summed E-state index contributed by atoms with van der Waals surface area (Å²) < 4.78 is 0. The molecule has 2 bridgehead atoms. The van der Waals surface area contributed by atoms with E-state index in [1.807, 2.05) is 0 Å². The molecule has 12 heavy (non-hydrogen) atoms. The first kappa shape index (κ1) is 7.98. The first-order valence-electron chi connectivity index (χ1n) is 4.50. The molecule has 0 amide bonds. The molecular weight excluding hydrogens is 156 g/mol. The third-order valence-electron chi connectivity index (χ3n) is 3.65. The van der Waals surface area contributed by atoms with Crippen molar-refractivity contribution in [3.05, 3.63) is 10.1 Å². The predicted octanol–water partition coefficient (Wildman–Crippen LogP) is 1.07. The number of hydrogen-bond acceptors (Lipinski definition) is 3. The van der Waals surface area contributed by atoms with Crippen molar-refractivity contribution in [1.82, 2.24) is 0 Å². The van der Waals surface area contributed by atoms with Crippen LogP contribution in [-0.2, 0) is 0 Å². The van der Waals surface area contributed by atoms with Gasteiger partial charge in [0.15, 0.2) is 0 Å². The van der Waals surface area contributed by atoms with E-state index in [4.69, 9.17) is 5.73 Å². The Kier molecular flexibility index (Phi) is 1.46. The van der Waals surface area contributed by atoms with E-state index in [1.165, 1.54) is 0 Å². The molecule has 3 aliphatic rings. The van der Waals surface area contributed by atoms with Crippen LogP contribution in [0.5, 0.6) is 0 Å². The average molecular weight is 170 g/mol. The van der Waals surface area contributed by atoms with E-state index < -0.39 is 5.54 Å². The van der Waals surface area contributed by atoms with Crippen molar-refractivity contribution in [2.24, 2.45) is 5.73 Å². The van der Waals surface area contributed by atoms with Gasteiger partial charge in [0.1, 0.15) is 0 Å². The van der Waals surface area contributed by atoms with Gasteiger partial charge in [-0.05, 0) is 19.3 Å². The van der Waals surface area contributed by atoms with Gasteiger partial charge in [0.05, 0.1) is 0 Å². The molecular formula is C8H14N2O2. The fourth-order valence-corrected chi connectivity index (χ4v) is 2.47. The zero-order valence-electron chi connectivity index (χ0n) is 7.08. The van der Waals surface area contributed by atoms with Crippen LogP contribution in [0, 0.1) is 10.1 Å². The van der Waals surface area contributed by atoms with Crippen molar-refractivity contribution in [3.8, 4) is 0 Å². The van der Waals surface area contributed by atoms with Crippen LogP contribution in [0.15, 0.2) is 0 Å². The van der Waals surface area contributed by atoms with Crippen molar-refractivity contribution >= 4 is 0 Å². The van der Waals surface area contributed by atoms with Crippen molar-refractivity contribution < 1.29 is 4.92 Å². The minimum absolute atomic E-state index is 0.0578. The highest BCUT2D eigenvalue weighted by Gasteiger charge is 2.54. The highest BCUT2D eigenvalue weighted by atomic mass is 16.6. The maximum Gasteiger partial charge on any atom is 0.222 e. The third kappa shape index (κ3) is 0.941. The van der Waals surface area contributed by atoms with Gasteiger partial charge in [-0.3, -0.25) is 10.1 Å².